The summed E-state index contributed by atoms with van der Waals surface area (Å²) in [6.45, 7) is 4.70. The molecule has 1 aromatic rings. The average Bonchev–Trinajstić information content (AvgIpc) is 2.56. The third-order valence-electron chi connectivity index (χ3n) is 7.37. The van der Waals surface area contributed by atoms with Gasteiger partial charge in [-0.1, -0.05) is 30.8 Å². The minimum atomic E-state index is 0.164. The molecule has 0 saturated heterocycles. The van der Waals surface area contributed by atoms with Gasteiger partial charge in [-0.05, 0) is 79.4 Å². The summed E-state index contributed by atoms with van der Waals surface area (Å²) < 4.78 is 0. The molecule has 1 aromatic carbocycles. The zero-order valence-electron chi connectivity index (χ0n) is 14.4. The summed E-state index contributed by atoms with van der Waals surface area (Å²) in [5.74, 6) is 4.10. The van der Waals surface area contributed by atoms with Crippen LogP contribution in [0.4, 0.5) is 0 Å². The van der Waals surface area contributed by atoms with Crippen LogP contribution >= 0.6 is 0 Å². The second kappa shape index (κ2) is 5.47. The molecule has 0 N–H and O–H groups in total. The van der Waals surface area contributed by atoms with Crippen molar-refractivity contribution in [3.05, 3.63) is 48.0 Å². The van der Waals surface area contributed by atoms with Crippen molar-refractivity contribution in [3.8, 4) is 0 Å². The molecule has 4 fully saturated rings. The van der Waals surface area contributed by atoms with Crippen LogP contribution in [0.1, 0.15) is 49.1 Å². The summed E-state index contributed by atoms with van der Waals surface area (Å²) in [6.07, 6.45) is 9.59. The summed E-state index contributed by atoms with van der Waals surface area (Å²) in [4.78, 5) is 15.0. The zero-order chi connectivity index (χ0) is 16.3. The molecule has 1 atom stereocenters. The predicted octanol–water partition coefficient (Wildman–Crippen LogP) is 4.17. The maximum Gasteiger partial charge on any atom is 0.246 e. The Morgan fingerprint density at radius 1 is 1.08 bits per heavy atom. The normalized spacial score (nSPS) is 38.3. The lowest BCUT2D eigenvalue weighted by Gasteiger charge is -2.57. The van der Waals surface area contributed by atoms with Crippen molar-refractivity contribution in [2.24, 2.45) is 23.7 Å². The molecule has 0 radical (unpaired) electrons. The van der Waals surface area contributed by atoms with Gasteiger partial charge in [-0.25, -0.2) is 0 Å². The average molecular weight is 321 g/mol. The second-order valence-electron chi connectivity index (χ2n) is 8.72. The molecule has 5 aliphatic rings. The summed E-state index contributed by atoms with van der Waals surface area (Å²) in [5, 5.41) is 0. The number of rotatable bonds is 4. The van der Waals surface area contributed by atoms with Crippen molar-refractivity contribution < 1.29 is 4.79 Å². The van der Waals surface area contributed by atoms with E-state index in [0.29, 0.717) is 12.0 Å². The fraction of sp³-hybridized carbons (Fsp3) is 0.591. The topological polar surface area (TPSA) is 20.3 Å². The Morgan fingerprint density at radius 2 is 1.75 bits per heavy atom. The number of hydrogen-bond donors (Lipinski definition) is 0. The summed E-state index contributed by atoms with van der Waals surface area (Å²) in [6, 6.07) is 9.22. The SMILES string of the molecule is C=CC(=O)N(CC1Cc2ccccc21)C1C2CC3CC(C2)CC1C3. The van der Waals surface area contributed by atoms with E-state index in [1.165, 1.54) is 43.2 Å². The molecular formula is C22H27NO. The van der Waals surface area contributed by atoms with Gasteiger partial charge in [0, 0.05) is 18.5 Å². The predicted molar refractivity (Wildman–Crippen MR) is 95.6 cm³/mol. The first-order chi connectivity index (χ1) is 11.7. The van der Waals surface area contributed by atoms with E-state index in [9.17, 15) is 4.79 Å². The lowest BCUT2D eigenvalue weighted by Crippen LogP contribution is -2.58. The van der Waals surface area contributed by atoms with Gasteiger partial charge < -0.3 is 4.90 Å². The Bertz CT molecular complexity index is 650. The van der Waals surface area contributed by atoms with Crippen molar-refractivity contribution >= 4 is 5.91 Å². The van der Waals surface area contributed by atoms with E-state index in [0.717, 1.165) is 36.6 Å². The molecule has 0 heterocycles. The molecule has 1 unspecified atom stereocenters. The minimum Gasteiger partial charge on any atom is -0.335 e. The fourth-order valence-electron chi connectivity index (χ4n) is 6.64. The van der Waals surface area contributed by atoms with Gasteiger partial charge in [0.1, 0.15) is 0 Å². The van der Waals surface area contributed by atoms with Crippen LogP contribution in [0.2, 0.25) is 0 Å². The third-order valence-corrected chi connectivity index (χ3v) is 7.37. The zero-order valence-corrected chi connectivity index (χ0v) is 14.4. The molecule has 6 rings (SSSR count). The highest BCUT2D eigenvalue weighted by molar-refractivity contribution is 5.87. The van der Waals surface area contributed by atoms with Gasteiger partial charge in [-0.15, -0.1) is 0 Å². The van der Waals surface area contributed by atoms with E-state index in [1.807, 2.05) is 0 Å². The molecule has 4 saturated carbocycles. The highest BCUT2D eigenvalue weighted by atomic mass is 16.2. The van der Waals surface area contributed by atoms with Gasteiger partial charge >= 0.3 is 0 Å². The smallest absolute Gasteiger partial charge is 0.246 e. The molecular weight excluding hydrogens is 294 g/mol. The molecule has 1 amide bonds. The molecule has 24 heavy (non-hydrogen) atoms. The maximum absolute atomic E-state index is 12.7. The van der Waals surface area contributed by atoms with E-state index < -0.39 is 0 Å². The Hall–Kier alpha value is -1.57. The van der Waals surface area contributed by atoms with Crippen LogP contribution in [-0.2, 0) is 11.2 Å². The molecule has 126 valence electrons. The molecule has 2 heteroatoms. The molecule has 5 aliphatic carbocycles. The van der Waals surface area contributed by atoms with Crippen molar-refractivity contribution in [2.45, 2.75) is 50.5 Å². The van der Waals surface area contributed by atoms with E-state index in [-0.39, 0.29) is 5.91 Å². The number of benzene rings is 1. The van der Waals surface area contributed by atoms with Gasteiger partial charge in [0.2, 0.25) is 5.91 Å². The number of hydrogen-bond acceptors (Lipinski definition) is 1. The number of amides is 1. The van der Waals surface area contributed by atoms with Crippen molar-refractivity contribution in [1.29, 1.82) is 0 Å². The van der Waals surface area contributed by atoms with E-state index in [4.69, 9.17) is 0 Å². The van der Waals surface area contributed by atoms with Crippen LogP contribution in [-0.4, -0.2) is 23.4 Å². The van der Waals surface area contributed by atoms with Crippen LogP contribution in [0.25, 0.3) is 0 Å². The Labute approximate surface area is 144 Å². The van der Waals surface area contributed by atoms with E-state index >= 15 is 0 Å². The highest BCUT2D eigenvalue weighted by Crippen LogP contribution is 2.55. The summed E-state index contributed by atoms with van der Waals surface area (Å²) >= 11 is 0. The number of fused-ring (bicyclic) bond motifs is 1. The van der Waals surface area contributed by atoms with Gasteiger partial charge in [0.05, 0.1) is 0 Å². The van der Waals surface area contributed by atoms with E-state index in [2.05, 4.69) is 35.7 Å². The largest absolute Gasteiger partial charge is 0.335 e. The van der Waals surface area contributed by atoms with Crippen LogP contribution in [0.15, 0.2) is 36.9 Å². The molecule has 0 aromatic heterocycles. The molecule has 0 spiro atoms. The van der Waals surface area contributed by atoms with Gasteiger partial charge in [0.25, 0.3) is 0 Å². The first-order valence-corrected chi connectivity index (χ1v) is 9.73. The van der Waals surface area contributed by atoms with Gasteiger partial charge in [-0.2, -0.15) is 0 Å². The number of nitrogens with zero attached hydrogens (tertiary/aromatic N) is 1. The number of carbonyl (C=O) groups is 1. The van der Waals surface area contributed by atoms with Crippen LogP contribution < -0.4 is 0 Å². The lowest BCUT2D eigenvalue weighted by atomic mass is 9.53. The highest BCUT2D eigenvalue weighted by Gasteiger charge is 2.51. The summed E-state index contributed by atoms with van der Waals surface area (Å²) in [5.41, 5.74) is 2.93. The Balaban J connectivity index is 1.40. The first kappa shape index (κ1) is 14.7. The molecule has 0 aliphatic heterocycles. The minimum absolute atomic E-state index is 0.164. The molecule has 4 bridgehead atoms. The second-order valence-corrected chi connectivity index (χ2v) is 8.72. The van der Waals surface area contributed by atoms with Crippen LogP contribution in [0, 0.1) is 23.7 Å². The third kappa shape index (κ3) is 2.18. The van der Waals surface area contributed by atoms with Crippen molar-refractivity contribution in [1.82, 2.24) is 4.90 Å². The Kier molecular flexibility index (Phi) is 3.36. The lowest BCUT2D eigenvalue weighted by molar-refractivity contribution is -0.139. The number of carbonyl (C=O) groups excluding carboxylic acids is 1. The van der Waals surface area contributed by atoms with Gasteiger partial charge in [-0.3, -0.25) is 4.79 Å². The first-order valence-electron chi connectivity index (χ1n) is 9.73. The molecule has 2 nitrogen and oxygen atoms in total. The van der Waals surface area contributed by atoms with E-state index in [1.54, 1.807) is 6.08 Å². The summed E-state index contributed by atoms with van der Waals surface area (Å²) in [7, 11) is 0. The monoisotopic (exact) mass is 321 g/mol. The van der Waals surface area contributed by atoms with Crippen molar-refractivity contribution in [2.75, 3.05) is 6.54 Å². The Morgan fingerprint density at radius 3 is 2.38 bits per heavy atom. The fourth-order valence-corrected chi connectivity index (χ4v) is 6.64. The quantitative estimate of drug-likeness (QED) is 0.762. The standard InChI is InChI=1S/C22H27NO/c1-2-21(24)23(13-19-12-16-5-3-4-6-20(16)19)22-17-8-14-7-15(10-17)11-18(22)9-14/h2-6,14-15,17-19,22H,1,7-13H2. The van der Waals surface area contributed by atoms with Crippen molar-refractivity contribution in [3.63, 3.8) is 0 Å². The maximum atomic E-state index is 12.7. The van der Waals surface area contributed by atoms with Crippen LogP contribution in [0.5, 0.6) is 0 Å². The van der Waals surface area contributed by atoms with Gasteiger partial charge in [0.15, 0.2) is 0 Å². The van der Waals surface area contributed by atoms with Crippen LogP contribution in [0.3, 0.4) is 0 Å².